The van der Waals surface area contributed by atoms with Crippen molar-refractivity contribution >= 4 is 0 Å². The summed E-state index contributed by atoms with van der Waals surface area (Å²) in [7, 11) is 1.80. The quantitative estimate of drug-likeness (QED) is 0.784. The Bertz CT molecular complexity index is 416. The number of ether oxygens (including phenoxy) is 1. The van der Waals surface area contributed by atoms with Crippen LogP contribution in [0.1, 0.15) is 49.8 Å². The van der Waals surface area contributed by atoms with E-state index in [1.54, 1.807) is 18.2 Å². The molecule has 0 aliphatic heterocycles. The highest BCUT2D eigenvalue weighted by Gasteiger charge is 2.14. The van der Waals surface area contributed by atoms with Gasteiger partial charge in [-0.05, 0) is 68.7 Å². The summed E-state index contributed by atoms with van der Waals surface area (Å²) < 4.78 is 5.36. The lowest BCUT2D eigenvalue weighted by atomic mass is 9.97. The molecule has 2 nitrogen and oxygen atoms in total. The van der Waals surface area contributed by atoms with E-state index in [-0.39, 0.29) is 0 Å². The molecule has 0 saturated heterocycles. The van der Waals surface area contributed by atoms with Gasteiger partial charge in [0, 0.05) is 13.2 Å². The molecule has 0 saturated carbocycles. The number of aryl methyl sites for hydroxylation is 2. The van der Waals surface area contributed by atoms with E-state index in [0.29, 0.717) is 12.1 Å². The van der Waals surface area contributed by atoms with Gasteiger partial charge in [-0.2, -0.15) is 0 Å². The first-order valence-electron chi connectivity index (χ1n) is 8.09. The number of hydrogen-bond acceptors (Lipinski definition) is 2. The lowest BCUT2D eigenvalue weighted by Crippen LogP contribution is -2.32. The smallest absolute Gasteiger partial charge is 0.0543 e. The van der Waals surface area contributed by atoms with Gasteiger partial charge in [-0.15, -0.1) is 0 Å². The van der Waals surface area contributed by atoms with Crippen LogP contribution in [-0.2, 0) is 24.0 Å². The summed E-state index contributed by atoms with van der Waals surface area (Å²) in [6, 6.07) is 7.68. The van der Waals surface area contributed by atoms with Crippen molar-refractivity contribution < 1.29 is 4.74 Å². The van der Waals surface area contributed by atoms with Gasteiger partial charge in [-0.3, -0.25) is 0 Å². The molecule has 1 aromatic rings. The summed E-state index contributed by atoms with van der Waals surface area (Å²) in [5.41, 5.74) is 4.64. The largest absolute Gasteiger partial charge is 0.382 e. The van der Waals surface area contributed by atoms with E-state index in [4.69, 9.17) is 4.74 Å². The van der Waals surface area contributed by atoms with Crippen LogP contribution in [0.2, 0.25) is 0 Å². The average molecular weight is 275 g/mol. The van der Waals surface area contributed by atoms with Gasteiger partial charge in [-0.25, -0.2) is 0 Å². The maximum absolute atomic E-state index is 5.36. The van der Waals surface area contributed by atoms with Gasteiger partial charge in [-0.1, -0.05) is 25.1 Å². The van der Waals surface area contributed by atoms with Crippen molar-refractivity contribution in [1.82, 2.24) is 5.32 Å². The molecule has 0 amide bonds. The highest BCUT2D eigenvalue weighted by atomic mass is 16.5. The first-order valence-corrected chi connectivity index (χ1v) is 8.09. The normalized spacial score (nSPS) is 16.9. The van der Waals surface area contributed by atoms with E-state index in [9.17, 15) is 0 Å². The highest BCUT2D eigenvalue weighted by Crippen LogP contribution is 2.23. The monoisotopic (exact) mass is 275 g/mol. The minimum atomic E-state index is 0.358. The topological polar surface area (TPSA) is 21.3 Å². The Hall–Kier alpha value is -0.860. The Balaban J connectivity index is 1.93. The molecule has 1 aromatic carbocycles. The van der Waals surface area contributed by atoms with Crippen LogP contribution in [0.5, 0.6) is 0 Å². The van der Waals surface area contributed by atoms with Crippen LogP contribution < -0.4 is 5.32 Å². The molecule has 0 bridgehead atoms. The summed E-state index contributed by atoms with van der Waals surface area (Å²) in [4.78, 5) is 0. The molecule has 20 heavy (non-hydrogen) atoms. The van der Waals surface area contributed by atoms with Crippen LogP contribution in [-0.4, -0.2) is 25.8 Å². The van der Waals surface area contributed by atoms with Crippen LogP contribution in [0, 0.1) is 0 Å². The van der Waals surface area contributed by atoms with Crippen molar-refractivity contribution in [2.75, 3.05) is 13.7 Å². The Morgan fingerprint density at radius 3 is 2.75 bits per heavy atom. The predicted molar refractivity (Wildman–Crippen MR) is 85.3 cm³/mol. The number of hydrogen-bond donors (Lipinski definition) is 1. The van der Waals surface area contributed by atoms with E-state index >= 15 is 0 Å². The standard InChI is InChI=1S/C18H29NO/c1-4-19-18(11-8-14(2)20-3)13-15-9-10-16-6-5-7-17(16)12-15/h9-10,12,14,18-19H,4-8,11,13H2,1-3H3. The molecule has 0 heterocycles. The third-order valence-corrected chi connectivity index (χ3v) is 4.46. The van der Waals surface area contributed by atoms with Crippen molar-refractivity contribution in [2.45, 2.75) is 64.5 Å². The summed E-state index contributed by atoms with van der Waals surface area (Å²) >= 11 is 0. The van der Waals surface area contributed by atoms with Crippen molar-refractivity contribution in [3.05, 3.63) is 34.9 Å². The second-order valence-corrected chi connectivity index (χ2v) is 6.04. The third kappa shape index (κ3) is 4.32. The molecule has 112 valence electrons. The van der Waals surface area contributed by atoms with Gasteiger partial charge in [0.1, 0.15) is 0 Å². The highest BCUT2D eigenvalue weighted by molar-refractivity contribution is 5.35. The van der Waals surface area contributed by atoms with Crippen molar-refractivity contribution in [3.63, 3.8) is 0 Å². The predicted octanol–water partition coefficient (Wildman–Crippen LogP) is 3.51. The summed E-state index contributed by atoms with van der Waals surface area (Å²) in [5, 5.41) is 3.62. The second kappa shape index (κ2) is 7.80. The maximum atomic E-state index is 5.36. The summed E-state index contributed by atoms with van der Waals surface area (Å²) in [6.07, 6.45) is 7.68. The van der Waals surface area contributed by atoms with E-state index in [1.165, 1.54) is 31.2 Å². The molecular weight excluding hydrogens is 246 g/mol. The summed E-state index contributed by atoms with van der Waals surface area (Å²) in [5.74, 6) is 0. The van der Waals surface area contributed by atoms with Crippen molar-refractivity contribution in [2.24, 2.45) is 0 Å². The zero-order valence-corrected chi connectivity index (χ0v) is 13.2. The minimum Gasteiger partial charge on any atom is -0.382 e. The zero-order chi connectivity index (χ0) is 14.4. The fourth-order valence-electron chi connectivity index (χ4n) is 3.16. The summed E-state index contributed by atoms with van der Waals surface area (Å²) in [6.45, 7) is 5.38. The fraction of sp³-hybridized carbons (Fsp3) is 0.667. The number of methoxy groups -OCH3 is 1. The number of likely N-dealkylation sites (N-methyl/N-ethyl adjacent to an activating group) is 1. The Morgan fingerprint density at radius 2 is 2.00 bits per heavy atom. The van der Waals surface area contributed by atoms with Crippen LogP contribution in [0.4, 0.5) is 0 Å². The molecule has 2 unspecified atom stereocenters. The molecular formula is C18H29NO. The lowest BCUT2D eigenvalue weighted by Gasteiger charge is -2.20. The fourth-order valence-corrected chi connectivity index (χ4v) is 3.16. The third-order valence-electron chi connectivity index (χ3n) is 4.46. The molecule has 0 aromatic heterocycles. The molecule has 2 rings (SSSR count). The maximum Gasteiger partial charge on any atom is 0.0543 e. The first-order chi connectivity index (χ1) is 9.72. The van der Waals surface area contributed by atoms with Crippen LogP contribution in [0.15, 0.2) is 18.2 Å². The van der Waals surface area contributed by atoms with Crippen LogP contribution in [0.25, 0.3) is 0 Å². The van der Waals surface area contributed by atoms with Crippen molar-refractivity contribution in [1.29, 1.82) is 0 Å². The van der Waals surface area contributed by atoms with Gasteiger partial charge in [0.2, 0.25) is 0 Å². The number of nitrogens with one attached hydrogen (secondary N) is 1. The van der Waals surface area contributed by atoms with Gasteiger partial charge in [0.15, 0.2) is 0 Å². The minimum absolute atomic E-state index is 0.358. The molecule has 1 aliphatic rings. The van der Waals surface area contributed by atoms with Gasteiger partial charge >= 0.3 is 0 Å². The SMILES string of the molecule is CCNC(CCC(C)OC)Cc1ccc2c(c1)CCC2. The zero-order valence-electron chi connectivity index (χ0n) is 13.2. The molecule has 0 radical (unpaired) electrons. The molecule has 1 N–H and O–H groups in total. The van der Waals surface area contributed by atoms with E-state index in [1.807, 2.05) is 0 Å². The number of rotatable bonds is 8. The lowest BCUT2D eigenvalue weighted by molar-refractivity contribution is 0.106. The Morgan fingerprint density at radius 1 is 1.20 bits per heavy atom. The van der Waals surface area contributed by atoms with Crippen molar-refractivity contribution in [3.8, 4) is 0 Å². The molecule has 1 aliphatic carbocycles. The van der Waals surface area contributed by atoms with Crippen LogP contribution in [0.3, 0.4) is 0 Å². The van der Waals surface area contributed by atoms with Gasteiger partial charge < -0.3 is 10.1 Å². The first kappa shape index (κ1) is 15.5. The second-order valence-electron chi connectivity index (χ2n) is 6.04. The number of benzene rings is 1. The molecule has 0 spiro atoms. The van der Waals surface area contributed by atoms with Gasteiger partial charge in [0.25, 0.3) is 0 Å². The van der Waals surface area contributed by atoms with Gasteiger partial charge in [0.05, 0.1) is 6.10 Å². The molecule has 2 atom stereocenters. The van der Waals surface area contributed by atoms with E-state index < -0.39 is 0 Å². The Labute approximate surface area is 123 Å². The van der Waals surface area contributed by atoms with Crippen LogP contribution >= 0.6 is 0 Å². The molecule has 0 fully saturated rings. The Kier molecular flexibility index (Phi) is 6.06. The van der Waals surface area contributed by atoms with E-state index in [2.05, 4.69) is 37.4 Å². The average Bonchev–Trinajstić information content (AvgIpc) is 2.92. The van der Waals surface area contributed by atoms with E-state index in [0.717, 1.165) is 19.4 Å². The number of fused-ring (bicyclic) bond motifs is 1. The molecule has 2 heteroatoms.